The number of hydrogen-bond acceptors (Lipinski definition) is 5. The number of nitrogens with one attached hydrogen (secondary N) is 1. The van der Waals surface area contributed by atoms with E-state index in [0.29, 0.717) is 0 Å². The van der Waals surface area contributed by atoms with Crippen molar-refractivity contribution in [3.8, 4) is 11.4 Å². The molecular weight excluding hydrogens is 262 g/mol. The Morgan fingerprint density at radius 2 is 1.86 bits per heavy atom. The number of hydrogen-bond donors (Lipinski definition) is 1. The molecule has 0 amide bonds. The summed E-state index contributed by atoms with van der Waals surface area (Å²) in [5.74, 6) is 1.97. The minimum Gasteiger partial charge on any atom is -0.356 e. The van der Waals surface area contributed by atoms with E-state index in [9.17, 15) is 0 Å². The topological polar surface area (TPSA) is 53.9 Å². The lowest BCUT2D eigenvalue weighted by Crippen LogP contribution is -2.30. The lowest BCUT2D eigenvalue weighted by molar-refractivity contribution is 0.624. The van der Waals surface area contributed by atoms with Crippen LogP contribution in [-0.4, -0.2) is 34.6 Å². The summed E-state index contributed by atoms with van der Waals surface area (Å²) in [6, 6.07) is 3.97. The third-order valence-corrected chi connectivity index (χ3v) is 4.26. The van der Waals surface area contributed by atoms with Gasteiger partial charge in [0, 0.05) is 56.1 Å². The minimum absolute atomic E-state index is 0.833. The van der Waals surface area contributed by atoms with Crippen LogP contribution >= 0.6 is 0 Å². The van der Waals surface area contributed by atoms with E-state index in [4.69, 9.17) is 9.97 Å². The summed E-state index contributed by atoms with van der Waals surface area (Å²) in [5.41, 5.74) is 3.55. The van der Waals surface area contributed by atoms with Gasteiger partial charge in [0.25, 0.3) is 0 Å². The molecule has 2 aromatic rings. The number of anilines is 1. The van der Waals surface area contributed by atoms with Crippen molar-refractivity contribution >= 4 is 5.82 Å². The zero-order valence-corrected chi connectivity index (χ0v) is 12.0. The van der Waals surface area contributed by atoms with E-state index >= 15 is 0 Å². The van der Waals surface area contributed by atoms with E-state index in [1.165, 1.54) is 24.1 Å². The standard InChI is InChI=1S/C16H19N5/c1-2-10-21(9-1)16-13-11-18-8-5-14(13)19-15(20-16)12-3-6-17-7-4-12/h3-4,6-7,18H,1-2,5,8-11H2. The van der Waals surface area contributed by atoms with E-state index in [0.717, 1.165) is 49.8 Å². The normalized spacial score (nSPS) is 17.8. The summed E-state index contributed by atoms with van der Waals surface area (Å²) >= 11 is 0. The average molecular weight is 281 g/mol. The monoisotopic (exact) mass is 281 g/mol. The molecule has 5 nitrogen and oxygen atoms in total. The Kier molecular flexibility index (Phi) is 3.27. The van der Waals surface area contributed by atoms with Gasteiger partial charge in [-0.25, -0.2) is 9.97 Å². The molecule has 2 aliphatic rings. The van der Waals surface area contributed by atoms with E-state index in [1.54, 1.807) is 12.4 Å². The van der Waals surface area contributed by atoms with Gasteiger partial charge in [0.05, 0.1) is 5.69 Å². The Labute approximate surface area is 124 Å². The van der Waals surface area contributed by atoms with E-state index in [2.05, 4.69) is 15.2 Å². The Bertz CT molecular complexity index is 635. The zero-order valence-electron chi connectivity index (χ0n) is 12.0. The van der Waals surface area contributed by atoms with Crippen LogP contribution in [-0.2, 0) is 13.0 Å². The number of fused-ring (bicyclic) bond motifs is 1. The molecule has 108 valence electrons. The molecule has 0 aromatic carbocycles. The first-order valence-electron chi connectivity index (χ1n) is 7.68. The third kappa shape index (κ3) is 2.38. The molecule has 1 N–H and O–H groups in total. The molecule has 0 atom stereocenters. The van der Waals surface area contributed by atoms with Crippen LogP contribution in [0.5, 0.6) is 0 Å². The van der Waals surface area contributed by atoms with Crippen LogP contribution in [0.25, 0.3) is 11.4 Å². The summed E-state index contributed by atoms with van der Waals surface area (Å²) in [6.07, 6.45) is 7.11. The molecule has 5 heteroatoms. The molecule has 2 aromatic heterocycles. The SMILES string of the molecule is c1cc(-c2nc3c(c(N4CCCC4)n2)CNCC3)ccn1. The minimum atomic E-state index is 0.833. The Morgan fingerprint density at radius 1 is 1.05 bits per heavy atom. The van der Waals surface area contributed by atoms with Gasteiger partial charge in [-0.3, -0.25) is 4.98 Å². The van der Waals surface area contributed by atoms with Gasteiger partial charge < -0.3 is 10.2 Å². The number of rotatable bonds is 2. The van der Waals surface area contributed by atoms with Crippen LogP contribution in [0.4, 0.5) is 5.82 Å². The second-order valence-electron chi connectivity index (χ2n) is 5.65. The van der Waals surface area contributed by atoms with Crippen LogP contribution in [0.15, 0.2) is 24.5 Å². The van der Waals surface area contributed by atoms with Crippen molar-refractivity contribution in [2.45, 2.75) is 25.8 Å². The van der Waals surface area contributed by atoms with Crippen molar-refractivity contribution in [2.24, 2.45) is 0 Å². The molecule has 0 unspecified atom stereocenters. The van der Waals surface area contributed by atoms with Crippen molar-refractivity contribution in [1.82, 2.24) is 20.3 Å². The van der Waals surface area contributed by atoms with Gasteiger partial charge in [0.2, 0.25) is 0 Å². The second-order valence-corrected chi connectivity index (χ2v) is 5.65. The lowest BCUT2D eigenvalue weighted by Gasteiger charge is -2.25. The summed E-state index contributed by atoms with van der Waals surface area (Å²) in [5, 5.41) is 3.45. The molecule has 1 fully saturated rings. The summed E-state index contributed by atoms with van der Waals surface area (Å²) in [4.78, 5) is 16.2. The summed E-state index contributed by atoms with van der Waals surface area (Å²) in [7, 11) is 0. The zero-order chi connectivity index (χ0) is 14.1. The smallest absolute Gasteiger partial charge is 0.161 e. The maximum Gasteiger partial charge on any atom is 0.161 e. The fourth-order valence-corrected chi connectivity index (χ4v) is 3.15. The summed E-state index contributed by atoms with van der Waals surface area (Å²) in [6.45, 7) is 4.11. The Hall–Kier alpha value is -2.01. The Morgan fingerprint density at radius 3 is 2.67 bits per heavy atom. The van der Waals surface area contributed by atoms with Gasteiger partial charge in [-0.2, -0.15) is 0 Å². The van der Waals surface area contributed by atoms with Gasteiger partial charge in [-0.1, -0.05) is 0 Å². The van der Waals surface area contributed by atoms with Crippen LogP contribution in [0.1, 0.15) is 24.1 Å². The molecule has 0 spiro atoms. The first kappa shape index (κ1) is 12.7. The highest BCUT2D eigenvalue weighted by Gasteiger charge is 2.23. The molecular formula is C16H19N5. The third-order valence-electron chi connectivity index (χ3n) is 4.26. The van der Waals surface area contributed by atoms with Crippen LogP contribution in [0.3, 0.4) is 0 Å². The highest BCUT2D eigenvalue weighted by Crippen LogP contribution is 2.29. The van der Waals surface area contributed by atoms with Crippen molar-refractivity contribution in [3.63, 3.8) is 0 Å². The van der Waals surface area contributed by atoms with Gasteiger partial charge in [-0.15, -0.1) is 0 Å². The molecule has 4 heterocycles. The predicted octanol–water partition coefficient (Wildman–Crippen LogP) is 1.78. The van der Waals surface area contributed by atoms with E-state index < -0.39 is 0 Å². The van der Waals surface area contributed by atoms with Gasteiger partial charge >= 0.3 is 0 Å². The predicted molar refractivity (Wildman–Crippen MR) is 82.1 cm³/mol. The van der Waals surface area contributed by atoms with E-state index in [1.807, 2.05) is 12.1 Å². The first-order chi connectivity index (χ1) is 10.4. The van der Waals surface area contributed by atoms with Gasteiger partial charge in [0.15, 0.2) is 5.82 Å². The quantitative estimate of drug-likeness (QED) is 0.909. The fraction of sp³-hybridized carbons (Fsp3) is 0.438. The number of nitrogens with zero attached hydrogens (tertiary/aromatic N) is 4. The maximum absolute atomic E-state index is 4.89. The number of pyridine rings is 1. The average Bonchev–Trinajstić information content (AvgIpc) is 3.09. The van der Waals surface area contributed by atoms with Crippen molar-refractivity contribution in [3.05, 3.63) is 35.8 Å². The first-order valence-corrected chi connectivity index (χ1v) is 7.68. The Balaban J connectivity index is 1.83. The molecule has 1 saturated heterocycles. The van der Waals surface area contributed by atoms with Crippen LogP contribution in [0, 0.1) is 0 Å². The maximum atomic E-state index is 4.89. The highest BCUT2D eigenvalue weighted by atomic mass is 15.2. The molecule has 2 aliphatic heterocycles. The summed E-state index contributed by atoms with van der Waals surface area (Å²) < 4.78 is 0. The van der Waals surface area contributed by atoms with Crippen molar-refractivity contribution < 1.29 is 0 Å². The van der Waals surface area contributed by atoms with Crippen molar-refractivity contribution in [2.75, 3.05) is 24.5 Å². The van der Waals surface area contributed by atoms with E-state index in [-0.39, 0.29) is 0 Å². The van der Waals surface area contributed by atoms with Crippen molar-refractivity contribution in [1.29, 1.82) is 0 Å². The largest absolute Gasteiger partial charge is 0.356 e. The molecule has 0 saturated carbocycles. The molecule has 21 heavy (non-hydrogen) atoms. The van der Waals surface area contributed by atoms with Crippen LogP contribution < -0.4 is 10.2 Å². The molecule has 0 aliphatic carbocycles. The highest BCUT2D eigenvalue weighted by molar-refractivity contribution is 5.60. The lowest BCUT2D eigenvalue weighted by atomic mass is 10.1. The molecule has 0 bridgehead atoms. The van der Waals surface area contributed by atoms with Gasteiger partial charge in [0.1, 0.15) is 5.82 Å². The molecule has 4 rings (SSSR count). The van der Waals surface area contributed by atoms with Gasteiger partial charge in [-0.05, 0) is 25.0 Å². The fourth-order valence-electron chi connectivity index (χ4n) is 3.15. The molecule has 0 radical (unpaired) electrons. The van der Waals surface area contributed by atoms with Crippen LogP contribution in [0.2, 0.25) is 0 Å². The second kappa shape index (κ2) is 5.41. The number of aromatic nitrogens is 3.